The van der Waals surface area contributed by atoms with Crippen molar-refractivity contribution >= 4 is 0 Å². The molecule has 0 aliphatic carbocycles. The van der Waals surface area contributed by atoms with Crippen molar-refractivity contribution in [3.05, 3.63) is 35.5 Å². The average Bonchev–Trinajstić information content (AvgIpc) is 2.64. The molecule has 3 nitrogen and oxygen atoms in total. The van der Waals surface area contributed by atoms with Crippen LogP contribution in [0.5, 0.6) is 5.75 Å². The summed E-state index contributed by atoms with van der Waals surface area (Å²) in [6, 6.07) is 6.29. The van der Waals surface area contributed by atoms with Crippen molar-refractivity contribution in [1.82, 2.24) is 9.78 Å². The molecule has 90 valence electrons. The van der Waals surface area contributed by atoms with Crippen LogP contribution in [-0.4, -0.2) is 14.9 Å². The van der Waals surface area contributed by atoms with E-state index in [1.807, 2.05) is 0 Å². The Hall–Kier alpha value is -1.91. The van der Waals surface area contributed by atoms with Crippen LogP contribution in [-0.2, 0) is 7.05 Å². The molecule has 0 aliphatic heterocycles. The second-order valence-electron chi connectivity index (χ2n) is 3.83. The minimum absolute atomic E-state index is 0.131. The van der Waals surface area contributed by atoms with Gasteiger partial charge in [0.15, 0.2) is 0 Å². The Labute approximate surface area is 97.3 Å². The summed E-state index contributed by atoms with van der Waals surface area (Å²) in [6.45, 7) is 1.72. The molecule has 0 bridgehead atoms. The van der Waals surface area contributed by atoms with E-state index in [0.717, 1.165) is 4.68 Å². The van der Waals surface area contributed by atoms with Gasteiger partial charge in [0.05, 0.1) is 5.69 Å². The van der Waals surface area contributed by atoms with Gasteiger partial charge in [-0.15, -0.1) is 0 Å². The summed E-state index contributed by atoms with van der Waals surface area (Å²) in [5, 5.41) is 13.6. The predicted molar refractivity (Wildman–Crippen MR) is 60.0 cm³/mol. The summed E-state index contributed by atoms with van der Waals surface area (Å²) in [5.41, 5.74) is 1.60. The standard InChI is InChI=1S/C12H12F2N2O/c1-7-8(4-3-5-11(7)17)9-6-10(12(13)14)16(2)15-9/h3-6,12,17H,1-2H3. The first-order valence-corrected chi connectivity index (χ1v) is 5.11. The normalized spacial score (nSPS) is 11.1. The van der Waals surface area contributed by atoms with Gasteiger partial charge >= 0.3 is 0 Å². The van der Waals surface area contributed by atoms with Gasteiger partial charge < -0.3 is 5.11 Å². The number of benzene rings is 1. The van der Waals surface area contributed by atoms with Crippen LogP contribution in [0.2, 0.25) is 0 Å². The van der Waals surface area contributed by atoms with E-state index in [1.165, 1.54) is 13.1 Å². The Morgan fingerprint density at radius 3 is 2.65 bits per heavy atom. The highest BCUT2D eigenvalue weighted by molar-refractivity contribution is 5.66. The zero-order valence-electron chi connectivity index (χ0n) is 9.48. The Kier molecular flexibility index (Phi) is 2.83. The lowest BCUT2D eigenvalue weighted by Gasteiger charge is -2.03. The number of phenols is 1. The van der Waals surface area contributed by atoms with E-state index in [4.69, 9.17) is 0 Å². The maximum absolute atomic E-state index is 12.6. The fourth-order valence-corrected chi connectivity index (χ4v) is 1.72. The number of phenolic OH excluding ortho intramolecular Hbond substituents is 1. The lowest BCUT2D eigenvalue weighted by atomic mass is 10.0. The fourth-order valence-electron chi connectivity index (χ4n) is 1.72. The van der Waals surface area contributed by atoms with Crippen molar-refractivity contribution in [1.29, 1.82) is 0 Å². The Bertz CT molecular complexity index is 549. The van der Waals surface area contributed by atoms with Gasteiger partial charge in [0.1, 0.15) is 11.4 Å². The quantitative estimate of drug-likeness (QED) is 0.873. The molecule has 0 amide bonds. The van der Waals surface area contributed by atoms with Gasteiger partial charge in [-0.05, 0) is 19.1 Å². The third kappa shape index (κ3) is 2.00. The van der Waals surface area contributed by atoms with Gasteiger partial charge in [0, 0.05) is 18.2 Å². The van der Waals surface area contributed by atoms with Crippen molar-refractivity contribution in [2.45, 2.75) is 13.3 Å². The Morgan fingerprint density at radius 2 is 2.06 bits per heavy atom. The molecule has 0 spiro atoms. The average molecular weight is 238 g/mol. The second-order valence-corrected chi connectivity index (χ2v) is 3.83. The van der Waals surface area contributed by atoms with Crippen molar-refractivity contribution in [3.8, 4) is 17.0 Å². The zero-order valence-corrected chi connectivity index (χ0v) is 9.48. The number of alkyl halides is 2. The van der Waals surface area contributed by atoms with Crippen LogP contribution in [0.15, 0.2) is 24.3 Å². The molecule has 0 aliphatic rings. The van der Waals surface area contributed by atoms with Crippen molar-refractivity contribution in [2.24, 2.45) is 7.05 Å². The molecular formula is C12H12F2N2O. The van der Waals surface area contributed by atoms with Crippen LogP contribution < -0.4 is 0 Å². The molecule has 0 saturated carbocycles. The molecule has 1 aromatic heterocycles. The lowest BCUT2D eigenvalue weighted by Crippen LogP contribution is -1.97. The third-order valence-corrected chi connectivity index (χ3v) is 2.72. The molecule has 0 radical (unpaired) electrons. The van der Waals surface area contributed by atoms with Gasteiger partial charge in [0.25, 0.3) is 6.43 Å². The molecule has 0 fully saturated rings. The zero-order chi connectivity index (χ0) is 12.6. The molecule has 0 unspecified atom stereocenters. The number of aryl methyl sites for hydroxylation is 1. The summed E-state index contributed by atoms with van der Waals surface area (Å²) in [5.74, 6) is 0.131. The van der Waals surface area contributed by atoms with Crippen LogP contribution in [0.3, 0.4) is 0 Å². The van der Waals surface area contributed by atoms with E-state index >= 15 is 0 Å². The second kappa shape index (κ2) is 4.16. The van der Waals surface area contributed by atoms with E-state index in [1.54, 1.807) is 25.1 Å². The summed E-state index contributed by atoms with van der Waals surface area (Å²) >= 11 is 0. The smallest absolute Gasteiger partial charge is 0.280 e. The highest BCUT2D eigenvalue weighted by Gasteiger charge is 2.16. The number of halogens is 2. The first-order chi connectivity index (χ1) is 8.00. The van der Waals surface area contributed by atoms with E-state index in [9.17, 15) is 13.9 Å². The van der Waals surface area contributed by atoms with Crippen LogP contribution >= 0.6 is 0 Å². The van der Waals surface area contributed by atoms with Gasteiger partial charge in [-0.1, -0.05) is 12.1 Å². The molecule has 2 aromatic rings. The maximum Gasteiger partial charge on any atom is 0.280 e. The number of aromatic hydroxyl groups is 1. The van der Waals surface area contributed by atoms with E-state index in [-0.39, 0.29) is 11.4 Å². The highest BCUT2D eigenvalue weighted by Crippen LogP contribution is 2.30. The summed E-state index contributed by atoms with van der Waals surface area (Å²) in [4.78, 5) is 0. The monoisotopic (exact) mass is 238 g/mol. The Balaban J connectivity index is 2.54. The summed E-state index contributed by atoms with van der Waals surface area (Å²) in [6.07, 6.45) is -2.56. The van der Waals surface area contributed by atoms with Crippen LogP contribution in [0.4, 0.5) is 8.78 Å². The summed E-state index contributed by atoms with van der Waals surface area (Å²) in [7, 11) is 1.48. The van der Waals surface area contributed by atoms with Crippen LogP contribution in [0, 0.1) is 6.92 Å². The van der Waals surface area contributed by atoms with Crippen molar-refractivity contribution < 1.29 is 13.9 Å². The number of rotatable bonds is 2. The number of hydrogen-bond donors (Lipinski definition) is 1. The number of hydrogen-bond acceptors (Lipinski definition) is 2. The van der Waals surface area contributed by atoms with E-state index in [0.29, 0.717) is 16.8 Å². The van der Waals surface area contributed by atoms with Crippen LogP contribution in [0.1, 0.15) is 17.7 Å². The number of aromatic nitrogens is 2. The molecule has 5 heteroatoms. The van der Waals surface area contributed by atoms with Crippen molar-refractivity contribution in [3.63, 3.8) is 0 Å². The molecule has 1 heterocycles. The Morgan fingerprint density at radius 1 is 1.35 bits per heavy atom. The van der Waals surface area contributed by atoms with E-state index in [2.05, 4.69) is 5.10 Å². The lowest BCUT2D eigenvalue weighted by molar-refractivity contribution is 0.141. The first-order valence-electron chi connectivity index (χ1n) is 5.11. The fraction of sp³-hybridized carbons (Fsp3) is 0.250. The summed E-state index contributed by atoms with van der Waals surface area (Å²) < 4.78 is 26.4. The largest absolute Gasteiger partial charge is 0.508 e. The predicted octanol–water partition coefficient (Wildman–Crippen LogP) is 3.04. The van der Waals surface area contributed by atoms with E-state index < -0.39 is 6.43 Å². The number of nitrogens with zero attached hydrogens (tertiary/aromatic N) is 2. The van der Waals surface area contributed by atoms with Gasteiger partial charge in [-0.2, -0.15) is 5.10 Å². The van der Waals surface area contributed by atoms with Gasteiger partial charge in [-0.3, -0.25) is 4.68 Å². The van der Waals surface area contributed by atoms with Gasteiger partial charge in [0.2, 0.25) is 0 Å². The maximum atomic E-state index is 12.6. The SMILES string of the molecule is Cc1c(O)cccc1-c1cc(C(F)F)n(C)n1. The topological polar surface area (TPSA) is 38.0 Å². The molecule has 2 rings (SSSR count). The van der Waals surface area contributed by atoms with Crippen LogP contribution in [0.25, 0.3) is 11.3 Å². The highest BCUT2D eigenvalue weighted by atomic mass is 19.3. The first kappa shape index (κ1) is 11.6. The molecule has 1 N–H and O–H groups in total. The molecule has 1 aromatic carbocycles. The minimum atomic E-state index is -2.56. The van der Waals surface area contributed by atoms with Gasteiger partial charge in [-0.25, -0.2) is 8.78 Å². The van der Waals surface area contributed by atoms with Crippen molar-refractivity contribution in [2.75, 3.05) is 0 Å². The minimum Gasteiger partial charge on any atom is -0.508 e. The molecule has 0 saturated heterocycles. The molecular weight excluding hydrogens is 226 g/mol. The third-order valence-electron chi connectivity index (χ3n) is 2.72. The molecule has 0 atom stereocenters. The molecule has 17 heavy (non-hydrogen) atoms.